The molecule has 1 atom stereocenters. The van der Waals surface area contributed by atoms with Crippen LogP contribution >= 0.6 is 0 Å². The molecular formula is C16H16O4. The maximum atomic E-state index is 10.9. The van der Waals surface area contributed by atoms with E-state index in [-0.39, 0.29) is 5.75 Å². The number of carbonyl (C=O) groups is 1. The standard InChI is InChI=1S/C16H16O4/c1-2-15(16(18)19)20-14-9-5-12(6-10-14)11-3-7-13(17)8-4-11/h3-10,15,17H,2H2,1H3,(H,18,19). The number of carboxylic acids is 1. The van der Waals surface area contributed by atoms with E-state index in [0.717, 1.165) is 11.1 Å². The Hall–Kier alpha value is -2.49. The monoisotopic (exact) mass is 272 g/mol. The highest BCUT2D eigenvalue weighted by Crippen LogP contribution is 2.24. The third-order valence-corrected chi connectivity index (χ3v) is 2.98. The molecule has 0 aliphatic heterocycles. The quantitative estimate of drug-likeness (QED) is 0.876. The van der Waals surface area contributed by atoms with Gasteiger partial charge in [0.1, 0.15) is 11.5 Å². The van der Waals surface area contributed by atoms with E-state index in [1.807, 2.05) is 24.3 Å². The van der Waals surface area contributed by atoms with Crippen LogP contribution in [0, 0.1) is 0 Å². The van der Waals surface area contributed by atoms with Crippen LogP contribution in [-0.4, -0.2) is 22.3 Å². The van der Waals surface area contributed by atoms with Gasteiger partial charge in [-0.1, -0.05) is 31.2 Å². The lowest BCUT2D eigenvalue weighted by atomic mass is 10.1. The van der Waals surface area contributed by atoms with Crippen molar-refractivity contribution < 1.29 is 19.7 Å². The summed E-state index contributed by atoms with van der Waals surface area (Å²) >= 11 is 0. The number of ether oxygens (including phenoxy) is 1. The maximum Gasteiger partial charge on any atom is 0.344 e. The first-order valence-electron chi connectivity index (χ1n) is 6.39. The number of phenols is 1. The van der Waals surface area contributed by atoms with Gasteiger partial charge in [0.2, 0.25) is 0 Å². The normalized spacial score (nSPS) is 11.8. The molecule has 0 aliphatic carbocycles. The van der Waals surface area contributed by atoms with Crippen molar-refractivity contribution >= 4 is 5.97 Å². The number of phenolic OH excluding ortho intramolecular Hbond substituents is 1. The van der Waals surface area contributed by atoms with E-state index in [1.165, 1.54) is 0 Å². The van der Waals surface area contributed by atoms with Crippen molar-refractivity contribution in [1.82, 2.24) is 0 Å². The average Bonchev–Trinajstić information content (AvgIpc) is 2.46. The minimum Gasteiger partial charge on any atom is -0.508 e. The zero-order valence-corrected chi connectivity index (χ0v) is 11.1. The van der Waals surface area contributed by atoms with Crippen LogP contribution in [0.5, 0.6) is 11.5 Å². The van der Waals surface area contributed by atoms with Crippen LogP contribution in [0.15, 0.2) is 48.5 Å². The van der Waals surface area contributed by atoms with Crippen LogP contribution in [0.25, 0.3) is 11.1 Å². The summed E-state index contributed by atoms with van der Waals surface area (Å²) in [4.78, 5) is 10.9. The molecule has 0 aromatic heterocycles. The van der Waals surface area contributed by atoms with E-state index in [2.05, 4.69) is 0 Å². The van der Waals surface area contributed by atoms with Gasteiger partial charge in [0.05, 0.1) is 0 Å². The zero-order valence-electron chi connectivity index (χ0n) is 11.1. The molecule has 0 aliphatic rings. The van der Waals surface area contributed by atoms with Crippen LogP contribution in [0.2, 0.25) is 0 Å². The summed E-state index contributed by atoms with van der Waals surface area (Å²) in [5, 5.41) is 18.2. The van der Waals surface area contributed by atoms with Gasteiger partial charge in [-0.2, -0.15) is 0 Å². The molecule has 4 nitrogen and oxygen atoms in total. The highest BCUT2D eigenvalue weighted by atomic mass is 16.5. The summed E-state index contributed by atoms with van der Waals surface area (Å²) in [6, 6.07) is 14.1. The Morgan fingerprint density at radius 2 is 1.55 bits per heavy atom. The second-order valence-corrected chi connectivity index (χ2v) is 4.42. The van der Waals surface area contributed by atoms with Crippen LogP contribution in [-0.2, 0) is 4.79 Å². The Balaban J connectivity index is 2.13. The van der Waals surface area contributed by atoms with E-state index in [9.17, 15) is 9.90 Å². The van der Waals surface area contributed by atoms with Crippen molar-refractivity contribution in [2.75, 3.05) is 0 Å². The first-order chi connectivity index (χ1) is 9.60. The molecule has 0 fully saturated rings. The fourth-order valence-electron chi connectivity index (χ4n) is 1.85. The Labute approximate surface area is 117 Å². The van der Waals surface area contributed by atoms with Gasteiger partial charge in [-0.15, -0.1) is 0 Å². The van der Waals surface area contributed by atoms with E-state index >= 15 is 0 Å². The third-order valence-electron chi connectivity index (χ3n) is 2.98. The van der Waals surface area contributed by atoms with Gasteiger partial charge in [0, 0.05) is 0 Å². The molecule has 2 aromatic carbocycles. The predicted octanol–water partition coefficient (Wildman–Crippen LogP) is 3.30. The first kappa shape index (κ1) is 13.9. The van der Waals surface area contributed by atoms with E-state index < -0.39 is 12.1 Å². The van der Waals surface area contributed by atoms with E-state index in [0.29, 0.717) is 12.2 Å². The van der Waals surface area contributed by atoms with Crippen molar-refractivity contribution in [3.63, 3.8) is 0 Å². The number of carboxylic acid groups (broad SMARTS) is 1. The van der Waals surface area contributed by atoms with E-state index in [4.69, 9.17) is 9.84 Å². The van der Waals surface area contributed by atoms with Crippen molar-refractivity contribution in [3.05, 3.63) is 48.5 Å². The van der Waals surface area contributed by atoms with Gasteiger partial charge in [-0.05, 0) is 41.8 Å². The van der Waals surface area contributed by atoms with Crippen molar-refractivity contribution in [3.8, 4) is 22.6 Å². The smallest absolute Gasteiger partial charge is 0.344 e. The molecule has 4 heteroatoms. The largest absolute Gasteiger partial charge is 0.508 e. The van der Waals surface area contributed by atoms with Gasteiger partial charge in [-0.25, -0.2) is 4.79 Å². The molecule has 0 saturated heterocycles. The molecular weight excluding hydrogens is 256 g/mol. The minimum absolute atomic E-state index is 0.223. The number of benzene rings is 2. The number of hydrogen-bond donors (Lipinski definition) is 2. The lowest BCUT2D eigenvalue weighted by Gasteiger charge is -2.13. The molecule has 0 radical (unpaired) electrons. The molecule has 0 saturated carbocycles. The molecule has 2 N–H and O–H groups in total. The van der Waals surface area contributed by atoms with Gasteiger partial charge in [-0.3, -0.25) is 0 Å². The molecule has 0 heterocycles. The van der Waals surface area contributed by atoms with Crippen LogP contribution in [0.3, 0.4) is 0 Å². The zero-order chi connectivity index (χ0) is 14.5. The molecule has 0 amide bonds. The highest BCUT2D eigenvalue weighted by Gasteiger charge is 2.16. The summed E-state index contributed by atoms with van der Waals surface area (Å²) in [6.07, 6.45) is -0.413. The lowest BCUT2D eigenvalue weighted by molar-refractivity contribution is -0.145. The van der Waals surface area contributed by atoms with Crippen LogP contribution in [0.4, 0.5) is 0 Å². The topological polar surface area (TPSA) is 66.8 Å². The minimum atomic E-state index is -0.963. The van der Waals surface area contributed by atoms with Crippen molar-refractivity contribution in [2.45, 2.75) is 19.4 Å². The van der Waals surface area contributed by atoms with E-state index in [1.54, 1.807) is 31.2 Å². The molecule has 2 rings (SSSR count). The molecule has 20 heavy (non-hydrogen) atoms. The third kappa shape index (κ3) is 3.29. The van der Waals surface area contributed by atoms with Gasteiger partial charge < -0.3 is 14.9 Å². The Morgan fingerprint density at radius 1 is 1.05 bits per heavy atom. The van der Waals surface area contributed by atoms with Crippen LogP contribution in [0.1, 0.15) is 13.3 Å². The van der Waals surface area contributed by atoms with Crippen molar-refractivity contribution in [1.29, 1.82) is 0 Å². The summed E-state index contributed by atoms with van der Waals surface area (Å²) < 4.78 is 5.40. The fourth-order valence-corrected chi connectivity index (χ4v) is 1.85. The highest BCUT2D eigenvalue weighted by molar-refractivity contribution is 5.72. The molecule has 2 aromatic rings. The Kier molecular flexibility index (Phi) is 4.25. The SMILES string of the molecule is CCC(Oc1ccc(-c2ccc(O)cc2)cc1)C(=O)O. The number of aliphatic carboxylic acids is 1. The second kappa shape index (κ2) is 6.10. The van der Waals surface area contributed by atoms with Crippen molar-refractivity contribution in [2.24, 2.45) is 0 Å². The maximum absolute atomic E-state index is 10.9. The summed E-state index contributed by atoms with van der Waals surface area (Å²) in [5.41, 5.74) is 1.94. The Morgan fingerprint density at radius 3 is 2.00 bits per heavy atom. The number of rotatable bonds is 5. The first-order valence-corrected chi connectivity index (χ1v) is 6.39. The lowest BCUT2D eigenvalue weighted by Crippen LogP contribution is -2.25. The number of hydrogen-bond acceptors (Lipinski definition) is 3. The summed E-state index contributed by atoms with van der Waals surface area (Å²) in [7, 11) is 0. The van der Waals surface area contributed by atoms with Gasteiger partial charge in [0.15, 0.2) is 6.10 Å². The average molecular weight is 272 g/mol. The van der Waals surface area contributed by atoms with Gasteiger partial charge in [0.25, 0.3) is 0 Å². The van der Waals surface area contributed by atoms with Gasteiger partial charge >= 0.3 is 5.97 Å². The fraction of sp³-hybridized carbons (Fsp3) is 0.188. The number of aromatic hydroxyl groups is 1. The summed E-state index contributed by atoms with van der Waals surface area (Å²) in [6.45, 7) is 1.77. The van der Waals surface area contributed by atoms with Crippen LogP contribution < -0.4 is 4.74 Å². The molecule has 0 spiro atoms. The molecule has 104 valence electrons. The summed E-state index contributed by atoms with van der Waals surface area (Å²) in [5.74, 6) is -0.210. The molecule has 0 bridgehead atoms. The predicted molar refractivity (Wildman–Crippen MR) is 75.9 cm³/mol. The molecule has 1 unspecified atom stereocenters. The second-order valence-electron chi connectivity index (χ2n) is 4.42. The Bertz CT molecular complexity index is 572.